The maximum Gasteiger partial charge on any atom is 0.167 e. The Morgan fingerprint density at radius 3 is 3.27 bits per heavy atom. The average Bonchev–Trinajstić information content (AvgIpc) is 2.50. The van der Waals surface area contributed by atoms with E-state index in [1.165, 1.54) is 0 Å². The predicted octanol–water partition coefficient (Wildman–Crippen LogP) is 1.61. The van der Waals surface area contributed by atoms with Gasteiger partial charge in [-0.15, -0.1) is 6.42 Å². The standard InChI is InChI=1S/C9H4NO/c1-2-7-3-4-9-8(5-7)6-10-11-9/h1,3-5H. The van der Waals surface area contributed by atoms with Crippen molar-refractivity contribution in [2.75, 3.05) is 0 Å². The SMILES string of the molecule is C#Cc1ccc2on[c]c2c1. The van der Waals surface area contributed by atoms with E-state index in [0.29, 0.717) is 5.58 Å². The van der Waals surface area contributed by atoms with Crippen LogP contribution in [-0.2, 0) is 0 Å². The molecule has 11 heavy (non-hydrogen) atoms. The molecule has 0 saturated carbocycles. The third-order valence-corrected chi connectivity index (χ3v) is 1.46. The van der Waals surface area contributed by atoms with Gasteiger partial charge in [-0.25, -0.2) is 0 Å². The van der Waals surface area contributed by atoms with Gasteiger partial charge >= 0.3 is 0 Å². The molecule has 0 bridgehead atoms. The second-order valence-electron chi connectivity index (χ2n) is 2.15. The van der Waals surface area contributed by atoms with Crippen molar-refractivity contribution in [2.45, 2.75) is 0 Å². The van der Waals surface area contributed by atoms with Gasteiger partial charge in [-0.3, -0.25) is 0 Å². The Labute approximate surface area is 63.8 Å². The summed E-state index contributed by atoms with van der Waals surface area (Å²) in [5, 5.41) is 4.33. The Morgan fingerprint density at radius 1 is 1.55 bits per heavy atom. The van der Waals surface area contributed by atoms with Crippen molar-refractivity contribution < 1.29 is 4.52 Å². The Bertz CT molecular complexity index is 422. The minimum absolute atomic E-state index is 0.712. The van der Waals surface area contributed by atoms with Crippen LogP contribution in [0.2, 0.25) is 0 Å². The fourth-order valence-electron chi connectivity index (χ4n) is 0.908. The van der Waals surface area contributed by atoms with E-state index >= 15 is 0 Å². The summed E-state index contributed by atoms with van der Waals surface area (Å²) in [7, 11) is 0. The van der Waals surface area contributed by atoms with Crippen LogP contribution >= 0.6 is 0 Å². The molecule has 2 aromatic rings. The summed E-state index contributed by atoms with van der Waals surface area (Å²) >= 11 is 0. The van der Waals surface area contributed by atoms with Gasteiger partial charge < -0.3 is 4.52 Å². The predicted molar refractivity (Wildman–Crippen MR) is 40.8 cm³/mol. The van der Waals surface area contributed by atoms with Crippen LogP contribution in [0.3, 0.4) is 0 Å². The molecule has 0 unspecified atom stereocenters. The van der Waals surface area contributed by atoms with E-state index in [1.807, 2.05) is 6.07 Å². The highest BCUT2D eigenvalue weighted by Gasteiger charge is 1.97. The molecule has 0 N–H and O–H groups in total. The first kappa shape index (κ1) is 5.99. The number of hydrogen-bond donors (Lipinski definition) is 0. The number of aromatic nitrogens is 1. The average molecular weight is 142 g/mol. The van der Waals surface area contributed by atoms with Crippen molar-refractivity contribution in [1.82, 2.24) is 5.16 Å². The maximum atomic E-state index is 5.19. The molecule has 2 nitrogen and oxygen atoms in total. The molecule has 0 spiro atoms. The number of rotatable bonds is 0. The Morgan fingerprint density at radius 2 is 2.45 bits per heavy atom. The highest BCUT2D eigenvalue weighted by Crippen LogP contribution is 2.13. The fourth-order valence-corrected chi connectivity index (χ4v) is 0.908. The summed E-state index contributed by atoms with van der Waals surface area (Å²) in [4.78, 5) is 0. The summed E-state index contributed by atoms with van der Waals surface area (Å²) in [5.41, 5.74) is 1.53. The molecule has 0 saturated heterocycles. The zero-order valence-corrected chi connectivity index (χ0v) is 5.66. The summed E-state index contributed by atoms with van der Waals surface area (Å²) in [6.07, 6.45) is 7.88. The van der Waals surface area contributed by atoms with Crippen molar-refractivity contribution in [2.24, 2.45) is 0 Å². The van der Waals surface area contributed by atoms with Crippen LogP contribution in [0.4, 0.5) is 0 Å². The van der Waals surface area contributed by atoms with E-state index in [0.717, 1.165) is 10.9 Å². The van der Waals surface area contributed by atoms with Crippen LogP contribution in [-0.4, -0.2) is 5.16 Å². The largest absolute Gasteiger partial charge is 0.356 e. The number of hydrogen-bond acceptors (Lipinski definition) is 2. The molecule has 0 fully saturated rings. The lowest BCUT2D eigenvalue weighted by molar-refractivity contribution is 0.454. The van der Waals surface area contributed by atoms with Crippen LogP contribution in [0.5, 0.6) is 0 Å². The summed E-state index contributed by atoms with van der Waals surface area (Å²) in [6, 6.07) is 5.40. The van der Waals surface area contributed by atoms with E-state index in [9.17, 15) is 0 Å². The fraction of sp³-hybridized carbons (Fsp3) is 0. The molecule has 2 heteroatoms. The monoisotopic (exact) mass is 142 g/mol. The molecule has 0 amide bonds. The number of fused-ring (bicyclic) bond motifs is 1. The third kappa shape index (κ3) is 0.870. The zero-order chi connectivity index (χ0) is 7.68. The molecule has 2 rings (SSSR count). The van der Waals surface area contributed by atoms with Crippen molar-refractivity contribution in [1.29, 1.82) is 0 Å². The molecular weight excluding hydrogens is 138 g/mol. The first-order valence-corrected chi connectivity index (χ1v) is 3.14. The van der Waals surface area contributed by atoms with Crippen LogP contribution in [0.15, 0.2) is 22.7 Å². The molecule has 0 aliphatic rings. The van der Waals surface area contributed by atoms with Crippen molar-refractivity contribution >= 4 is 11.0 Å². The van der Waals surface area contributed by atoms with Crippen LogP contribution in [0, 0.1) is 18.5 Å². The molecule has 0 aliphatic carbocycles. The van der Waals surface area contributed by atoms with Gasteiger partial charge in [0, 0.05) is 5.56 Å². The lowest BCUT2D eigenvalue weighted by Gasteiger charge is -1.86. The lowest BCUT2D eigenvalue weighted by Crippen LogP contribution is -1.70. The minimum Gasteiger partial charge on any atom is -0.356 e. The first-order chi connectivity index (χ1) is 5.40. The highest BCUT2D eigenvalue weighted by molar-refractivity contribution is 5.76. The molecule has 1 aromatic carbocycles. The molecular formula is C9H4NO. The normalized spacial score (nSPS) is 9.73. The molecule has 1 heterocycles. The Kier molecular flexibility index (Phi) is 1.16. The molecule has 51 valence electrons. The van der Waals surface area contributed by atoms with Crippen LogP contribution in [0.1, 0.15) is 5.56 Å². The molecule has 1 radical (unpaired) electrons. The lowest BCUT2D eigenvalue weighted by atomic mass is 10.2. The molecule has 0 aliphatic heterocycles. The van der Waals surface area contributed by atoms with Gasteiger partial charge in [0.15, 0.2) is 5.58 Å². The van der Waals surface area contributed by atoms with E-state index < -0.39 is 0 Å². The minimum atomic E-state index is 0.712. The smallest absolute Gasteiger partial charge is 0.167 e. The summed E-state index contributed by atoms with van der Waals surface area (Å²) < 4.78 is 4.84. The van der Waals surface area contributed by atoms with Gasteiger partial charge in [0.05, 0.1) is 5.39 Å². The molecule has 1 aromatic heterocycles. The maximum absolute atomic E-state index is 5.19. The topological polar surface area (TPSA) is 26.0 Å². The quantitative estimate of drug-likeness (QED) is 0.522. The van der Waals surface area contributed by atoms with Crippen LogP contribution in [0.25, 0.3) is 11.0 Å². The van der Waals surface area contributed by atoms with Crippen molar-refractivity contribution in [3.63, 3.8) is 0 Å². The van der Waals surface area contributed by atoms with E-state index in [1.54, 1.807) is 12.1 Å². The number of terminal acetylenes is 1. The van der Waals surface area contributed by atoms with Crippen LogP contribution < -0.4 is 0 Å². The summed E-state index contributed by atoms with van der Waals surface area (Å²) in [6.45, 7) is 0. The molecule has 0 atom stereocenters. The Hall–Kier alpha value is -1.75. The number of benzene rings is 1. The van der Waals surface area contributed by atoms with Crippen molar-refractivity contribution in [3.8, 4) is 12.3 Å². The van der Waals surface area contributed by atoms with Gasteiger partial charge in [0.1, 0.15) is 6.20 Å². The second-order valence-corrected chi connectivity index (χ2v) is 2.15. The first-order valence-electron chi connectivity index (χ1n) is 3.14. The number of nitrogens with zero attached hydrogens (tertiary/aromatic N) is 1. The highest BCUT2D eigenvalue weighted by atomic mass is 16.5. The van der Waals surface area contributed by atoms with Gasteiger partial charge in [-0.1, -0.05) is 11.1 Å². The van der Waals surface area contributed by atoms with E-state index in [2.05, 4.69) is 17.3 Å². The zero-order valence-electron chi connectivity index (χ0n) is 5.66. The van der Waals surface area contributed by atoms with Gasteiger partial charge in [0.25, 0.3) is 0 Å². The van der Waals surface area contributed by atoms with Gasteiger partial charge in [-0.05, 0) is 18.2 Å². The summed E-state index contributed by atoms with van der Waals surface area (Å²) in [5.74, 6) is 2.52. The van der Waals surface area contributed by atoms with E-state index in [4.69, 9.17) is 10.9 Å². The van der Waals surface area contributed by atoms with Crippen molar-refractivity contribution in [3.05, 3.63) is 30.0 Å². The Balaban J connectivity index is 2.79. The second kappa shape index (κ2) is 2.14. The van der Waals surface area contributed by atoms with Gasteiger partial charge in [0.2, 0.25) is 0 Å². The van der Waals surface area contributed by atoms with E-state index in [-0.39, 0.29) is 0 Å². The van der Waals surface area contributed by atoms with Gasteiger partial charge in [-0.2, -0.15) is 0 Å². The third-order valence-electron chi connectivity index (χ3n) is 1.46.